The maximum atomic E-state index is 11.3. The largest absolute Gasteiger partial charge is 0.312 e. The van der Waals surface area contributed by atoms with Gasteiger partial charge in [-0.2, -0.15) is 0 Å². The molecule has 0 radical (unpaired) electrons. The van der Waals surface area contributed by atoms with Crippen molar-refractivity contribution in [1.29, 1.82) is 0 Å². The van der Waals surface area contributed by atoms with Crippen molar-refractivity contribution < 1.29 is 8.42 Å². The summed E-state index contributed by atoms with van der Waals surface area (Å²) in [4.78, 5) is 4.93. The van der Waals surface area contributed by atoms with Crippen LogP contribution >= 0.6 is 0 Å². The predicted molar refractivity (Wildman–Crippen MR) is 73.6 cm³/mol. The molecule has 2 saturated heterocycles. The Labute approximate surface area is 110 Å². The Morgan fingerprint density at radius 3 is 2.39 bits per heavy atom. The number of piperazine rings is 1. The smallest absolute Gasteiger partial charge is 0.151 e. The lowest BCUT2D eigenvalue weighted by atomic mass is 10.2. The van der Waals surface area contributed by atoms with Crippen LogP contribution < -0.4 is 5.32 Å². The molecule has 6 heteroatoms. The SMILES string of the molecule is CCN1CCN(CCNC2CCS(=O)(=O)C2)CC1. The van der Waals surface area contributed by atoms with Crippen molar-refractivity contribution in [1.82, 2.24) is 15.1 Å². The quantitative estimate of drug-likeness (QED) is 0.726. The van der Waals surface area contributed by atoms with E-state index < -0.39 is 9.84 Å². The van der Waals surface area contributed by atoms with Crippen molar-refractivity contribution in [3.63, 3.8) is 0 Å². The Kier molecular flexibility index (Phi) is 5.00. The molecule has 0 aromatic heterocycles. The zero-order valence-corrected chi connectivity index (χ0v) is 12.1. The average Bonchev–Trinajstić information content (AvgIpc) is 2.70. The summed E-state index contributed by atoms with van der Waals surface area (Å²) in [5, 5.41) is 3.38. The van der Waals surface area contributed by atoms with Crippen LogP contribution in [-0.2, 0) is 9.84 Å². The maximum Gasteiger partial charge on any atom is 0.151 e. The minimum Gasteiger partial charge on any atom is -0.312 e. The Balaban J connectivity index is 1.59. The number of hydrogen-bond donors (Lipinski definition) is 1. The van der Waals surface area contributed by atoms with Gasteiger partial charge in [-0.15, -0.1) is 0 Å². The van der Waals surface area contributed by atoms with E-state index in [0.717, 1.165) is 52.2 Å². The zero-order valence-electron chi connectivity index (χ0n) is 11.3. The first-order valence-electron chi connectivity index (χ1n) is 6.97. The van der Waals surface area contributed by atoms with E-state index in [-0.39, 0.29) is 6.04 Å². The van der Waals surface area contributed by atoms with Crippen molar-refractivity contribution in [3.8, 4) is 0 Å². The highest BCUT2D eigenvalue weighted by Crippen LogP contribution is 2.10. The molecule has 0 amide bonds. The van der Waals surface area contributed by atoms with Gasteiger partial charge >= 0.3 is 0 Å². The van der Waals surface area contributed by atoms with E-state index in [1.165, 1.54) is 0 Å². The van der Waals surface area contributed by atoms with Gasteiger partial charge in [-0.05, 0) is 13.0 Å². The van der Waals surface area contributed by atoms with Crippen LogP contribution in [0.25, 0.3) is 0 Å². The van der Waals surface area contributed by atoms with Crippen LogP contribution in [0.4, 0.5) is 0 Å². The first kappa shape index (κ1) is 14.2. The third-order valence-electron chi connectivity index (χ3n) is 4.01. The number of likely N-dealkylation sites (N-methyl/N-ethyl adjacent to an activating group) is 1. The molecule has 0 spiro atoms. The second-order valence-corrected chi connectivity index (χ2v) is 7.56. The van der Waals surface area contributed by atoms with Crippen LogP contribution in [0.3, 0.4) is 0 Å². The van der Waals surface area contributed by atoms with Crippen LogP contribution in [0.5, 0.6) is 0 Å². The van der Waals surface area contributed by atoms with Crippen molar-refractivity contribution in [2.45, 2.75) is 19.4 Å². The summed E-state index contributed by atoms with van der Waals surface area (Å²) < 4.78 is 22.6. The fourth-order valence-electron chi connectivity index (χ4n) is 2.71. The number of rotatable bonds is 5. The number of hydrogen-bond acceptors (Lipinski definition) is 5. The lowest BCUT2D eigenvalue weighted by molar-refractivity contribution is 0.137. The summed E-state index contributed by atoms with van der Waals surface area (Å²) in [6.45, 7) is 9.89. The van der Waals surface area contributed by atoms with Gasteiger partial charge < -0.3 is 10.2 Å². The van der Waals surface area contributed by atoms with Crippen LogP contribution in [0.2, 0.25) is 0 Å². The molecule has 2 aliphatic heterocycles. The fourth-order valence-corrected chi connectivity index (χ4v) is 4.42. The molecule has 2 heterocycles. The molecule has 2 fully saturated rings. The highest BCUT2D eigenvalue weighted by atomic mass is 32.2. The summed E-state index contributed by atoms with van der Waals surface area (Å²) >= 11 is 0. The highest BCUT2D eigenvalue weighted by Gasteiger charge is 2.27. The molecule has 18 heavy (non-hydrogen) atoms. The molecule has 106 valence electrons. The fraction of sp³-hybridized carbons (Fsp3) is 1.00. The molecule has 5 nitrogen and oxygen atoms in total. The van der Waals surface area contributed by atoms with Crippen LogP contribution in [0.15, 0.2) is 0 Å². The molecule has 1 N–H and O–H groups in total. The summed E-state index contributed by atoms with van der Waals surface area (Å²) in [6.07, 6.45) is 0.784. The lowest BCUT2D eigenvalue weighted by Gasteiger charge is -2.34. The molecule has 0 aromatic carbocycles. The summed E-state index contributed by atoms with van der Waals surface area (Å²) in [6, 6.07) is 0.187. The topological polar surface area (TPSA) is 52.6 Å². The molecule has 1 unspecified atom stereocenters. The van der Waals surface area contributed by atoms with Crippen molar-refractivity contribution in [2.75, 3.05) is 57.3 Å². The Morgan fingerprint density at radius 1 is 1.17 bits per heavy atom. The number of sulfone groups is 1. The predicted octanol–water partition coefficient (Wildman–Crippen LogP) is -0.599. The van der Waals surface area contributed by atoms with E-state index in [0.29, 0.717) is 11.5 Å². The van der Waals surface area contributed by atoms with Gasteiger partial charge in [-0.1, -0.05) is 6.92 Å². The molecule has 0 aliphatic carbocycles. The molecule has 0 bridgehead atoms. The van der Waals surface area contributed by atoms with Gasteiger partial charge in [-0.25, -0.2) is 8.42 Å². The molecule has 0 aromatic rings. The molecule has 0 saturated carbocycles. The maximum absolute atomic E-state index is 11.3. The van der Waals surface area contributed by atoms with E-state index in [1.807, 2.05) is 0 Å². The highest BCUT2D eigenvalue weighted by molar-refractivity contribution is 7.91. The van der Waals surface area contributed by atoms with Gasteiger partial charge in [0.25, 0.3) is 0 Å². The zero-order chi connectivity index (χ0) is 13.0. The van der Waals surface area contributed by atoms with Gasteiger partial charge in [0.05, 0.1) is 11.5 Å². The molecular weight excluding hydrogens is 250 g/mol. The summed E-state index contributed by atoms with van der Waals surface area (Å²) in [5.74, 6) is 0.691. The normalized spacial score (nSPS) is 29.7. The second kappa shape index (κ2) is 6.32. The molecule has 2 aliphatic rings. The Hall–Kier alpha value is -0.170. The minimum atomic E-state index is -2.74. The van der Waals surface area contributed by atoms with E-state index in [1.54, 1.807) is 0 Å². The number of nitrogens with one attached hydrogen (secondary N) is 1. The van der Waals surface area contributed by atoms with Gasteiger partial charge in [0.15, 0.2) is 9.84 Å². The first-order chi connectivity index (χ1) is 8.59. The van der Waals surface area contributed by atoms with E-state index in [2.05, 4.69) is 22.0 Å². The minimum absolute atomic E-state index is 0.187. The van der Waals surface area contributed by atoms with E-state index in [4.69, 9.17) is 0 Å². The standard InChI is InChI=1S/C12H25N3O2S/c1-2-14-6-8-15(9-7-14)5-4-13-12-3-10-18(16,17)11-12/h12-13H,2-11H2,1H3. The van der Waals surface area contributed by atoms with Crippen LogP contribution in [-0.4, -0.2) is 81.6 Å². The first-order valence-corrected chi connectivity index (χ1v) is 8.80. The van der Waals surface area contributed by atoms with E-state index in [9.17, 15) is 8.42 Å². The van der Waals surface area contributed by atoms with Gasteiger partial charge in [0, 0.05) is 45.3 Å². The molecular formula is C12H25N3O2S. The Bertz CT molecular complexity index is 350. The average molecular weight is 275 g/mol. The summed E-state index contributed by atoms with van der Waals surface area (Å²) in [5.41, 5.74) is 0. The second-order valence-electron chi connectivity index (χ2n) is 5.33. The third kappa shape index (κ3) is 4.19. The Morgan fingerprint density at radius 2 is 1.83 bits per heavy atom. The monoisotopic (exact) mass is 275 g/mol. The van der Waals surface area contributed by atoms with Crippen molar-refractivity contribution >= 4 is 9.84 Å². The van der Waals surface area contributed by atoms with Gasteiger partial charge in [-0.3, -0.25) is 4.90 Å². The van der Waals surface area contributed by atoms with Crippen LogP contribution in [0.1, 0.15) is 13.3 Å². The number of nitrogens with zero attached hydrogens (tertiary/aromatic N) is 2. The van der Waals surface area contributed by atoms with Gasteiger partial charge in [0.2, 0.25) is 0 Å². The molecule has 2 rings (SSSR count). The van der Waals surface area contributed by atoms with Crippen molar-refractivity contribution in [3.05, 3.63) is 0 Å². The third-order valence-corrected chi connectivity index (χ3v) is 5.77. The summed E-state index contributed by atoms with van der Waals surface area (Å²) in [7, 11) is -2.74. The van der Waals surface area contributed by atoms with Crippen LogP contribution in [0, 0.1) is 0 Å². The van der Waals surface area contributed by atoms with Gasteiger partial charge in [0.1, 0.15) is 0 Å². The molecule has 1 atom stereocenters. The van der Waals surface area contributed by atoms with E-state index >= 15 is 0 Å². The van der Waals surface area contributed by atoms with Crippen molar-refractivity contribution in [2.24, 2.45) is 0 Å². The lowest BCUT2D eigenvalue weighted by Crippen LogP contribution is -2.48.